The molecule has 0 spiro atoms. The van der Waals surface area contributed by atoms with Crippen LogP contribution in [0.3, 0.4) is 0 Å². The highest BCUT2D eigenvalue weighted by Crippen LogP contribution is 2.30. The molecule has 2 rings (SSSR count). The normalized spacial score (nSPS) is 30.1. The molecule has 0 aromatic rings. The SMILES string of the molecule is CC1(CN2CCC(CC(=O)O)C2)COC1. The Hall–Kier alpha value is -0.610. The quantitative estimate of drug-likeness (QED) is 0.751. The lowest BCUT2D eigenvalue weighted by Gasteiger charge is -2.40. The summed E-state index contributed by atoms with van der Waals surface area (Å²) in [6, 6.07) is 0. The first kappa shape index (κ1) is 10.9. The van der Waals surface area contributed by atoms with Gasteiger partial charge in [-0.2, -0.15) is 0 Å². The maximum absolute atomic E-state index is 10.6. The summed E-state index contributed by atoms with van der Waals surface area (Å²) in [6.45, 7) is 7.00. The average Bonchev–Trinajstić information content (AvgIpc) is 2.48. The highest BCUT2D eigenvalue weighted by Gasteiger charge is 2.37. The Kier molecular flexibility index (Phi) is 2.98. The minimum atomic E-state index is -0.667. The first-order chi connectivity index (χ1) is 7.07. The third kappa shape index (κ3) is 2.69. The fourth-order valence-electron chi connectivity index (χ4n) is 2.55. The number of carboxylic acids is 1. The van der Waals surface area contributed by atoms with E-state index in [0.29, 0.717) is 17.8 Å². The third-order valence-corrected chi connectivity index (χ3v) is 3.34. The van der Waals surface area contributed by atoms with Gasteiger partial charge in [0.15, 0.2) is 0 Å². The average molecular weight is 213 g/mol. The van der Waals surface area contributed by atoms with Gasteiger partial charge in [-0.05, 0) is 18.9 Å². The van der Waals surface area contributed by atoms with Crippen molar-refractivity contribution in [2.75, 3.05) is 32.8 Å². The lowest BCUT2D eigenvalue weighted by Crippen LogP contribution is -2.48. The third-order valence-electron chi connectivity index (χ3n) is 3.34. The van der Waals surface area contributed by atoms with Crippen LogP contribution in [-0.4, -0.2) is 48.8 Å². The molecule has 2 saturated heterocycles. The molecule has 1 N–H and O–H groups in total. The van der Waals surface area contributed by atoms with Crippen molar-refractivity contribution < 1.29 is 14.6 Å². The molecule has 0 aromatic heterocycles. The smallest absolute Gasteiger partial charge is 0.303 e. The lowest BCUT2D eigenvalue weighted by molar-refractivity contribution is -0.138. The molecular formula is C11H19NO3. The van der Waals surface area contributed by atoms with Crippen molar-refractivity contribution in [3.8, 4) is 0 Å². The van der Waals surface area contributed by atoms with E-state index in [4.69, 9.17) is 9.84 Å². The summed E-state index contributed by atoms with van der Waals surface area (Å²) in [5.41, 5.74) is 0.318. The Labute approximate surface area is 90.2 Å². The van der Waals surface area contributed by atoms with Crippen molar-refractivity contribution >= 4 is 5.97 Å². The van der Waals surface area contributed by atoms with Gasteiger partial charge in [-0.15, -0.1) is 0 Å². The van der Waals surface area contributed by atoms with Crippen molar-refractivity contribution in [3.05, 3.63) is 0 Å². The van der Waals surface area contributed by atoms with Crippen LogP contribution in [-0.2, 0) is 9.53 Å². The first-order valence-electron chi connectivity index (χ1n) is 5.59. The predicted molar refractivity (Wildman–Crippen MR) is 55.7 cm³/mol. The fourth-order valence-corrected chi connectivity index (χ4v) is 2.55. The van der Waals surface area contributed by atoms with Gasteiger partial charge in [0.2, 0.25) is 0 Å². The molecule has 15 heavy (non-hydrogen) atoms. The number of ether oxygens (including phenoxy) is 1. The molecule has 0 saturated carbocycles. The number of hydrogen-bond acceptors (Lipinski definition) is 3. The number of nitrogens with zero attached hydrogens (tertiary/aromatic N) is 1. The van der Waals surface area contributed by atoms with E-state index in [-0.39, 0.29) is 0 Å². The number of aliphatic carboxylic acids is 1. The second-order valence-electron chi connectivity index (χ2n) is 5.29. The summed E-state index contributed by atoms with van der Waals surface area (Å²) in [7, 11) is 0. The molecule has 2 heterocycles. The summed E-state index contributed by atoms with van der Waals surface area (Å²) >= 11 is 0. The molecule has 0 amide bonds. The largest absolute Gasteiger partial charge is 0.481 e. The van der Waals surface area contributed by atoms with E-state index >= 15 is 0 Å². The van der Waals surface area contributed by atoms with Gasteiger partial charge in [0.05, 0.1) is 13.2 Å². The van der Waals surface area contributed by atoms with Crippen LogP contribution in [0.1, 0.15) is 19.8 Å². The zero-order chi connectivity index (χ0) is 10.9. The van der Waals surface area contributed by atoms with Crippen LogP contribution in [0.15, 0.2) is 0 Å². The van der Waals surface area contributed by atoms with E-state index in [1.165, 1.54) is 0 Å². The molecule has 2 fully saturated rings. The molecular weight excluding hydrogens is 194 g/mol. The van der Waals surface area contributed by atoms with Crippen LogP contribution in [0.25, 0.3) is 0 Å². The van der Waals surface area contributed by atoms with Crippen LogP contribution >= 0.6 is 0 Å². The molecule has 0 aliphatic carbocycles. The molecule has 1 unspecified atom stereocenters. The highest BCUT2D eigenvalue weighted by molar-refractivity contribution is 5.67. The van der Waals surface area contributed by atoms with Gasteiger partial charge in [-0.1, -0.05) is 6.92 Å². The number of likely N-dealkylation sites (tertiary alicyclic amines) is 1. The van der Waals surface area contributed by atoms with Crippen molar-refractivity contribution in [2.45, 2.75) is 19.8 Å². The molecule has 2 aliphatic rings. The maximum Gasteiger partial charge on any atom is 0.303 e. The maximum atomic E-state index is 10.6. The summed E-state index contributed by atoms with van der Waals surface area (Å²) in [4.78, 5) is 13.0. The number of hydrogen-bond donors (Lipinski definition) is 1. The van der Waals surface area contributed by atoms with Crippen molar-refractivity contribution in [3.63, 3.8) is 0 Å². The van der Waals surface area contributed by atoms with E-state index in [9.17, 15) is 4.79 Å². The van der Waals surface area contributed by atoms with Crippen molar-refractivity contribution in [2.24, 2.45) is 11.3 Å². The van der Waals surface area contributed by atoms with Gasteiger partial charge >= 0.3 is 5.97 Å². The first-order valence-corrected chi connectivity index (χ1v) is 5.59. The number of rotatable bonds is 4. The van der Waals surface area contributed by atoms with Crippen LogP contribution in [0.2, 0.25) is 0 Å². The minimum Gasteiger partial charge on any atom is -0.481 e. The topological polar surface area (TPSA) is 49.8 Å². The second kappa shape index (κ2) is 4.10. The molecule has 4 heteroatoms. The molecule has 2 aliphatic heterocycles. The standard InChI is InChI=1S/C11H19NO3/c1-11(7-15-8-11)6-12-3-2-9(5-12)4-10(13)14/h9H,2-8H2,1H3,(H,13,14). The van der Waals surface area contributed by atoms with E-state index in [1.807, 2.05) is 0 Å². The van der Waals surface area contributed by atoms with Gasteiger partial charge < -0.3 is 14.7 Å². The Balaban J connectivity index is 1.75. The highest BCUT2D eigenvalue weighted by atomic mass is 16.5. The zero-order valence-corrected chi connectivity index (χ0v) is 9.24. The number of carbonyl (C=O) groups is 1. The van der Waals surface area contributed by atoms with Crippen LogP contribution < -0.4 is 0 Å². The predicted octanol–water partition coefficient (Wildman–Crippen LogP) is 0.820. The number of carboxylic acid groups (broad SMARTS) is 1. The summed E-state index contributed by atoms with van der Waals surface area (Å²) in [5, 5.41) is 8.71. The summed E-state index contributed by atoms with van der Waals surface area (Å²) in [5.74, 6) is -0.313. The monoisotopic (exact) mass is 213 g/mol. The summed E-state index contributed by atoms with van der Waals surface area (Å²) < 4.78 is 5.22. The van der Waals surface area contributed by atoms with Gasteiger partial charge in [0, 0.05) is 24.9 Å². The van der Waals surface area contributed by atoms with Gasteiger partial charge in [-0.3, -0.25) is 4.79 Å². The molecule has 4 nitrogen and oxygen atoms in total. The molecule has 0 aromatic carbocycles. The van der Waals surface area contributed by atoms with Crippen LogP contribution in [0, 0.1) is 11.3 Å². The van der Waals surface area contributed by atoms with Gasteiger partial charge in [-0.25, -0.2) is 0 Å². The molecule has 0 bridgehead atoms. The van der Waals surface area contributed by atoms with Gasteiger partial charge in [0.25, 0.3) is 0 Å². The Morgan fingerprint density at radius 1 is 1.60 bits per heavy atom. The van der Waals surface area contributed by atoms with Crippen molar-refractivity contribution in [1.82, 2.24) is 4.90 Å². The minimum absolute atomic E-state index is 0.318. The van der Waals surface area contributed by atoms with Gasteiger partial charge in [0.1, 0.15) is 0 Å². The van der Waals surface area contributed by atoms with Crippen molar-refractivity contribution in [1.29, 1.82) is 0 Å². The van der Waals surface area contributed by atoms with E-state index in [2.05, 4.69) is 11.8 Å². The molecule has 0 radical (unpaired) electrons. The Morgan fingerprint density at radius 3 is 2.87 bits per heavy atom. The second-order valence-corrected chi connectivity index (χ2v) is 5.29. The van der Waals surface area contributed by atoms with E-state index in [1.54, 1.807) is 0 Å². The van der Waals surface area contributed by atoms with E-state index in [0.717, 1.165) is 39.3 Å². The Morgan fingerprint density at radius 2 is 2.33 bits per heavy atom. The van der Waals surface area contributed by atoms with Crippen LogP contribution in [0.4, 0.5) is 0 Å². The molecule has 86 valence electrons. The molecule has 1 atom stereocenters. The zero-order valence-electron chi connectivity index (χ0n) is 9.24. The van der Waals surface area contributed by atoms with E-state index < -0.39 is 5.97 Å². The Bertz CT molecular complexity index is 250. The van der Waals surface area contributed by atoms with Crippen LogP contribution in [0.5, 0.6) is 0 Å². The lowest BCUT2D eigenvalue weighted by atomic mass is 9.88. The fraction of sp³-hybridized carbons (Fsp3) is 0.909. The summed E-state index contributed by atoms with van der Waals surface area (Å²) in [6.07, 6.45) is 1.35.